The SMILES string of the molecule is CC(C)(C)c1ccc(OCCCC(=O)NCc2ccc(NC(=O)c3cccnc3)cc2)c(Br)c1. The lowest BCUT2D eigenvalue weighted by atomic mass is 9.87. The zero-order valence-electron chi connectivity index (χ0n) is 19.7. The van der Waals surface area contributed by atoms with Crippen LogP contribution in [-0.4, -0.2) is 23.4 Å². The van der Waals surface area contributed by atoms with Crippen LogP contribution in [0.2, 0.25) is 0 Å². The van der Waals surface area contributed by atoms with Gasteiger partial charge in [-0.15, -0.1) is 0 Å². The average molecular weight is 524 g/mol. The molecule has 0 bridgehead atoms. The first-order chi connectivity index (χ1) is 16.2. The molecule has 34 heavy (non-hydrogen) atoms. The van der Waals surface area contributed by atoms with Gasteiger partial charge < -0.3 is 15.4 Å². The number of amides is 2. The fourth-order valence-corrected chi connectivity index (χ4v) is 3.69. The number of pyridine rings is 1. The summed E-state index contributed by atoms with van der Waals surface area (Å²) in [6, 6.07) is 16.9. The van der Waals surface area contributed by atoms with Gasteiger partial charge in [-0.3, -0.25) is 14.6 Å². The quantitative estimate of drug-likeness (QED) is 0.343. The van der Waals surface area contributed by atoms with E-state index in [1.165, 1.54) is 11.8 Å². The van der Waals surface area contributed by atoms with E-state index in [4.69, 9.17) is 4.74 Å². The average Bonchev–Trinajstić information content (AvgIpc) is 2.82. The normalized spacial score (nSPS) is 11.1. The second kappa shape index (κ2) is 11.8. The molecular weight excluding hydrogens is 494 g/mol. The van der Waals surface area contributed by atoms with Crippen LogP contribution in [0.1, 0.15) is 55.1 Å². The van der Waals surface area contributed by atoms with Crippen molar-refractivity contribution in [1.29, 1.82) is 0 Å². The van der Waals surface area contributed by atoms with Crippen molar-refractivity contribution in [3.63, 3.8) is 0 Å². The standard InChI is InChI=1S/C27H30BrN3O3/c1-27(2,3)21-10-13-24(23(28)16-21)34-15-5-7-25(32)30-17-19-8-11-22(12-9-19)31-26(33)20-6-4-14-29-18-20/h4,6,8-14,16,18H,5,7,15,17H2,1-3H3,(H,30,32)(H,31,33). The molecule has 2 aromatic carbocycles. The first-order valence-electron chi connectivity index (χ1n) is 11.2. The molecule has 1 aromatic heterocycles. The summed E-state index contributed by atoms with van der Waals surface area (Å²) < 4.78 is 6.75. The third-order valence-corrected chi connectivity index (χ3v) is 5.85. The predicted octanol–water partition coefficient (Wildman–Crippen LogP) is 5.87. The molecule has 178 valence electrons. The van der Waals surface area contributed by atoms with E-state index >= 15 is 0 Å². The number of aromatic nitrogens is 1. The topological polar surface area (TPSA) is 80.3 Å². The van der Waals surface area contributed by atoms with Crippen molar-refractivity contribution >= 4 is 33.4 Å². The molecule has 2 amide bonds. The van der Waals surface area contributed by atoms with Crippen LogP contribution in [0.25, 0.3) is 0 Å². The van der Waals surface area contributed by atoms with E-state index in [2.05, 4.69) is 64.5 Å². The van der Waals surface area contributed by atoms with Crippen LogP contribution in [0, 0.1) is 0 Å². The van der Waals surface area contributed by atoms with Gasteiger partial charge in [0.1, 0.15) is 5.75 Å². The maximum Gasteiger partial charge on any atom is 0.257 e. The Bertz CT molecular complexity index is 1110. The zero-order valence-corrected chi connectivity index (χ0v) is 21.3. The van der Waals surface area contributed by atoms with E-state index in [-0.39, 0.29) is 17.2 Å². The molecule has 0 aliphatic rings. The highest BCUT2D eigenvalue weighted by Crippen LogP contribution is 2.31. The molecule has 0 aliphatic heterocycles. The Morgan fingerprint density at radius 3 is 2.47 bits per heavy atom. The van der Waals surface area contributed by atoms with Gasteiger partial charge >= 0.3 is 0 Å². The van der Waals surface area contributed by atoms with Crippen molar-refractivity contribution in [3.8, 4) is 5.75 Å². The third kappa shape index (κ3) is 7.70. The lowest BCUT2D eigenvalue weighted by Crippen LogP contribution is -2.23. The molecule has 7 heteroatoms. The number of carbonyl (C=O) groups excluding carboxylic acids is 2. The van der Waals surface area contributed by atoms with E-state index < -0.39 is 0 Å². The molecule has 2 N–H and O–H groups in total. The number of rotatable bonds is 9. The summed E-state index contributed by atoms with van der Waals surface area (Å²) in [5.41, 5.74) is 3.44. The lowest BCUT2D eigenvalue weighted by Gasteiger charge is -2.20. The fourth-order valence-electron chi connectivity index (χ4n) is 3.19. The molecule has 1 heterocycles. The van der Waals surface area contributed by atoms with Gasteiger partial charge in [-0.05, 0) is 75.3 Å². The molecule has 0 fully saturated rings. The molecule has 0 saturated heterocycles. The van der Waals surface area contributed by atoms with Crippen LogP contribution in [0.5, 0.6) is 5.75 Å². The van der Waals surface area contributed by atoms with Gasteiger partial charge in [-0.1, -0.05) is 39.0 Å². The number of nitrogens with one attached hydrogen (secondary N) is 2. The van der Waals surface area contributed by atoms with Crippen molar-refractivity contribution < 1.29 is 14.3 Å². The number of hydrogen-bond donors (Lipinski definition) is 2. The minimum atomic E-state index is -0.214. The van der Waals surface area contributed by atoms with Gasteiger partial charge in [0.2, 0.25) is 5.91 Å². The highest BCUT2D eigenvalue weighted by atomic mass is 79.9. The van der Waals surface area contributed by atoms with Crippen LogP contribution in [0.3, 0.4) is 0 Å². The van der Waals surface area contributed by atoms with Crippen molar-refractivity contribution in [2.45, 2.75) is 45.6 Å². The Morgan fingerprint density at radius 2 is 1.82 bits per heavy atom. The summed E-state index contributed by atoms with van der Waals surface area (Å²) in [6.45, 7) is 7.40. The summed E-state index contributed by atoms with van der Waals surface area (Å²) in [4.78, 5) is 28.3. The molecule has 0 radical (unpaired) electrons. The van der Waals surface area contributed by atoms with Crippen LogP contribution in [0.15, 0.2) is 71.5 Å². The van der Waals surface area contributed by atoms with Gasteiger partial charge in [-0.2, -0.15) is 0 Å². The molecule has 3 aromatic rings. The molecule has 3 rings (SSSR count). The highest BCUT2D eigenvalue weighted by Gasteiger charge is 2.15. The van der Waals surface area contributed by atoms with Crippen molar-refractivity contribution in [3.05, 3.63) is 88.2 Å². The minimum Gasteiger partial charge on any atom is -0.492 e. The predicted molar refractivity (Wildman–Crippen MR) is 138 cm³/mol. The Hall–Kier alpha value is -3.19. The number of nitrogens with zero attached hydrogens (tertiary/aromatic N) is 1. The molecule has 0 aliphatic carbocycles. The van der Waals surface area contributed by atoms with Gasteiger partial charge in [0.05, 0.1) is 16.6 Å². The Labute approximate surface area is 209 Å². The Kier molecular flexibility index (Phi) is 8.82. The summed E-state index contributed by atoms with van der Waals surface area (Å²) >= 11 is 3.57. The highest BCUT2D eigenvalue weighted by molar-refractivity contribution is 9.10. The minimum absolute atomic E-state index is 0.0281. The van der Waals surface area contributed by atoms with Crippen molar-refractivity contribution in [2.75, 3.05) is 11.9 Å². The maximum absolute atomic E-state index is 12.2. The van der Waals surface area contributed by atoms with Crippen LogP contribution in [0.4, 0.5) is 5.69 Å². The van der Waals surface area contributed by atoms with E-state index in [0.29, 0.717) is 37.2 Å². The summed E-state index contributed by atoms with van der Waals surface area (Å²) in [6.07, 6.45) is 4.15. The smallest absolute Gasteiger partial charge is 0.257 e. The molecule has 0 saturated carbocycles. The van der Waals surface area contributed by atoms with Crippen molar-refractivity contribution in [1.82, 2.24) is 10.3 Å². The number of anilines is 1. The van der Waals surface area contributed by atoms with E-state index in [1.807, 2.05) is 30.3 Å². The summed E-state index contributed by atoms with van der Waals surface area (Å²) in [5.74, 6) is 0.539. The number of benzene rings is 2. The Morgan fingerprint density at radius 1 is 1.06 bits per heavy atom. The maximum atomic E-state index is 12.2. The molecule has 6 nitrogen and oxygen atoms in total. The monoisotopic (exact) mass is 523 g/mol. The van der Waals surface area contributed by atoms with Gasteiger partial charge in [-0.25, -0.2) is 0 Å². The van der Waals surface area contributed by atoms with Crippen LogP contribution in [-0.2, 0) is 16.8 Å². The Balaban J connectivity index is 1.37. The third-order valence-electron chi connectivity index (χ3n) is 5.23. The van der Waals surface area contributed by atoms with Crippen LogP contribution >= 0.6 is 15.9 Å². The van der Waals surface area contributed by atoms with E-state index in [1.54, 1.807) is 18.3 Å². The molecule has 0 unspecified atom stereocenters. The second-order valence-electron chi connectivity index (χ2n) is 9.02. The fraction of sp³-hybridized carbons (Fsp3) is 0.296. The van der Waals surface area contributed by atoms with Gasteiger partial charge in [0.15, 0.2) is 0 Å². The molecular formula is C27H30BrN3O3. The summed E-state index contributed by atoms with van der Waals surface area (Å²) in [5, 5.41) is 5.75. The van der Waals surface area contributed by atoms with Gasteiger partial charge in [0, 0.05) is 31.0 Å². The zero-order chi connectivity index (χ0) is 24.6. The second-order valence-corrected chi connectivity index (χ2v) is 9.87. The number of halogens is 1. The molecule has 0 atom stereocenters. The number of carbonyl (C=O) groups is 2. The van der Waals surface area contributed by atoms with Crippen molar-refractivity contribution in [2.24, 2.45) is 0 Å². The number of hydrogen-bond acceptors (Lipinski definition) is 4. The van der Waals surface area contributed by atoms with E-state index in [9.17, 15) is 9.59 Å². The molecule has 0 spiro atoms. The largest absolute Gasteiger partial charge is 0.492 e. The van der Waals surface area contributed by atoms with E-state index in [0.717, 1.165) is 15.8 Å². The van der Waals surface area contributed by atoms with Gasteiger partial charge in [0.25, 0.3) is 5.91 Å². The van der Waals surface area contributed by atoms with Crippen LogP contribution < -0.4 is 15.4 Å². The summed E-state index contributed by atoms with van der Waals surface area (Å²) in [7, 11) is 0. The number of ether oxygens (including phenoxy) is 1. The lowest BCUT2D eigenvalue weighted by molar-refractivity contribution is -0.121. The first-order valence-corrected chi connectivity index (χ1v) is 12.0. The first kappa shape index (κ1) is 25.4.